The molecule has 1 fully saturated rings. The first-order chi connectivity index (χ1) is 14.6. The Labute approximate surface area is 179 Å². The number of ether oxygens (including phenoxy) is 1. The average Bonchev–Trinajstić information content (AvgIpc) is 3.39. The molecule has 1 aliphatic rings. The van der Waals surface area contributed by atoms with Crippen molar-refractivity contribution in [3.63, 3.8) is 0 Å². The van der Waals surface area contributed by atoms with Crippen molar-refractivity contribution < 1.29 is 4.74 Å². The number of hydrogen-bond donors (Lipinski definition) is 0. The van der Waals surface area contributed by atoms with E-state index in [9.17, 15) is 0 Å². The Morgan fingerprint density at radius 3 is 2.47 bits per heavy atom. The van der Waals surface area contributed by atoms with Gasteiger partial charge in [0.15, 0.2) is 0 Å². The van der Waals surface area contributed by atoms with Crippen molar-refractivity contribution in [3.8, 4) is 0 Å². The molecule has 152 valence electrons. The first-order valence-electron chi connectivity index (χ1n) is 11.0. The molecule has 1 aliphatic heterocycles. The second-order valence-corrected chi connectivity index (χ2v) is 8.83. The van der Waals surface area contributed by atoms with Crippen LogP contribution in [0, 0.1) is 0 Å². The molecule has 0 spiro atoms. The summed E-state index contributed by atoms with van der Waals surface area (Å²) in [6, 6.07) is 30.4. The number of fused-ring (bicyclic) bond motifs is 1. The number of aromatic nitrogens is 1. The highest BCUT2D eigenvalue weighted by atomic mass is 16.5. The summed E-state index contributed by atoms with van der Waals surface area (Å²) in [5.41, 5.74) is 5.09. The maximum absolute atomic E-state index is 6.64. The normalized spacial score (nSPS) is 22.4. The summed E-state index contributed by atoms with van der Waals surface area (Å²) in [6.45, 7) is 5.45. The molecule has 3 atom stereocenters. The molecule has 1 aromatic heterocycles. The van der Waals surface area contributed by atoms with E-state index < -0.39 is 0 Å². The Morgan fingerprint density at radius 1 is 0.967 bits per heavy atom. The molecule has 4 aromatic rings. The zero-order chi connectivity index (χ0) is 20.6. The van der Waals surface area contributed by atoms with E-state index in [1.54, 1.807) is 0 Å². The lowest BCUT2D eigenvalue weighted by atomic mass is 9.90. The Balaban J connectivity index is 1.35. The standard InChI is InChI=1S/C28H29NO/c1-21(27-15-17-28(2,30-27)25-11-7-4-8-12-25)23-13-14-26-24(19-23)16-18-29(26)20-22-9-5-3-6-10-22/h3-14,16,18-19,21,27H,15,17,20H2,1-2H3/t21-,27+,28+/m0/s1. The Kier molecular flexibility index (Phi) is 4.96. The van der Waals surface area contributed by atoms with Crippen LogP contribution in [0.1, 0.15) is 49.3 Å². The molecule has 0 amide bonds. The summed E-state index contributed by atoms with van der Waals surface area (Å²) >= 11 is 0. The van der Waals surface area contributed by atoms with Crippen LogP contribution in [0.5, 0.6) is 0 Å². The summed E-state index contributed by atoms with van der Waals surface area (Å²) in [6.07, 6.45) is 4.62. The summed E-state index contributed by atoms with van der Waals surface area (Å²) in [7, 11) is 0. The Morgan fingerprint density at radius 2 is 1.70 bits per heavy atom. The third-order valence-corrected chi connectivity index (χ3v) is 6.78. The molecular formula is C28H29NO. The average molecular weight is 396 g/mol. The molecule has 0 bridgehead atoms. The van der Waals surface area contributed by atoms with Crippen molar-refractivity contribution >= 4 is 10.9 Å². The van der Waals surface area contributed by atoms with Crippen molar-refractivity contribution in [1.29, 1.82) is 0 Å². The molecular weight excluding hydrogens is 366 g/mol. The van der Waals surface area contributed by atoms with Crippen LogP contribution in [-0.2, 0) is 16.9 Å². The topological polar surface area (TPSA) is 14.2 Å². The zero-order valence-corrected chi connectivity index (χ0v) is 17.8. The van der Waals surface area contributed by atoms with Gasteiger partial charge >= 0.3 is 0 Å². The molecule has 0 N–H and O–H groups in total. The molecule has 0 radical (unpaired) electrons. The third-order valence-electron chi connectivity index (χ3n) is 6.78. The van der Waals surface area contributed by atoms with Crippen LogP contribution < -0.4 is 0 Å². The number of rotatable bonds is 5. The Hall–Kier alpha value is -2.84. The van der Waals surface area contributed by atoms with Gasteiger partial charge in [0.25, 0.3) is 0 Å². The van der Waals surface area contributed by atoms with E-state index in [0.717, 1.165) is 19.4 Å². The molecule has 5 rings (SSSR count). The zero-order valence-electron chi connectivity index (χ0n) is 17.8. The molecule has 2 heterocycles. The molecule has 0 saturated carbocycles. The van der Waals surface area contributed by atoms with Crippen LogP contribution in [-0.4, -0.2) is 10.7 Å². The fraction of sp³-hybridized carbons (Fsp3) is 0.286. The van der Waals surface area contributed by atoms with Gasteiger partial charge in [-0.25, -0.2) is 0 Å². The first kappa shape index (κ1) is 19.1. The van der Waals surface area contributed by atoms with Gasteiger partial charge in [-0.15, -0.1) is 0 Å². The molecule has 2 nitrogen and oxygen atoms in total. The third kappa shape index (κ3) is 3.57. The molecule has 0 unspecified atom stereocenters. The largest absolute Gasteiger partial charge is 0.367 e. The molecule has 0 aliphatic carbocycles. The predicted octanol–water partition coefficient (Wildman–Crippen LogP) is 6.89. The molecule has 3 aromatic carbocycles. The van der Waals surface area contributed by atoms with Crippen LogP contribution in [0.2, 0.25) is 0 Å². The van der Waals surface area contributed by atoms with E-state index >= 15 is 0 Å². The van der Waals surface area contributed by atoms with Crippen LogP contribution in [0.15, 0.2) is 91.1 Å². The Bertz CT molecular complexity index is 1130. The fourth-order valence-electron chi connectivity index (χ4n) is 4.86. The van der Waals surface area contributed by atoms with Gasteiger partial charge in [-0.05, 0) is 60.0 Å². The summed E-state index contributed by atoms with van der Waals surface area (Å²) in [4.78, 5) is 0. The monoisotopic (exact) mass is 395 g/mol. The van der Waals surface area contributed by atoms with Crippen LogP contribution >= 0.6 is 0 Å². The van der Waals surface area contributed by atoms with Crippen LogP contribution in [0.3, 0.4) is 0 Å². The van der Waals surface area contributed by atoms with Crippen molar-refractivity contribution in [2.24, 2.45) is 0 Å². The van der Waals surface area contributed by atoms with Gasteiger partial charge in [0.1, 0.15) is 0 Å². The van der Waals surface area contributed by atoms with Crippen molar-refractivity contribution in [2.75, 3.05) is 0 Å². The maximum atomic E-state index is 6.64. The first-order valence-corrected chi connectivity index (χ1v) is 11.0. The van der Waals surface area contributed by atoms with Crippen LogP contribution in [0.25, 0.3) is 10.9 Å². The second kappa shape index (κ2) is 7.77. The molecule has 2 heteroatoms. The van der Waals surface area contributed by atoms with Crippen molar-refractivity contribution in [3.05, 3.63) is 108 Å². The number of hydrogen-bond acceptors (Lipinski definition) is 1. The lowest BCUT2D eigenvalue weighted by Gasteiger charge is -2.28. The summed E-state index contributed by atoms with van der Waals surface area (Å²) < 4.78 is 8.97. The highest BCUT2D eigenvalue weighted by Crippen LogP contribution is 2.43. The van der Waals surface area contributed by atoms with E-state index in [-0.39, 0.29) is 11.7 Å². The van der Waals surface area contributed by atoms with E-state index in [1.807, 2.05) is 0 Å². The van der Waals surface area contributed by atoms with Gasteiger partial charge in [0.05, 0.1) is 11.7 Å². The second-order valence-electron chi connectivity index (χ2n) is 8.83. The molecule has 30 heavy (non-hydrogen) atoms. The van der Waals surface area contributed by atoms with Crippen LogP contribution in [0.4, 0.5) is 0 Å². The van der Waals surface area contributed by atoms with Gasteiger partial charge < -0.3 is 9.30 Å². The lowest BCUT2D eigenvalue weighted by Crippen LogP contribution is -2.24. The van der Waals surface area contributed by atoms with Gasteiger partial charge in [-0.3, -0.25) is 0 Å². The minimum absolute atomic E-state index is 0.177. The smallest absolute Gasteiger partial charge is 0.0908 e. The SMILES string of the molecule is C[C@@H](c1ccc2c(ccn2Cc2ccccc2)c1)[C@H]1CC[C@](C)(c2ccccc2)O1. The van der Waals surface area contributed by atoms with E-state index in [1.165, 1.54) is 27.6 Å². The number of nitrogens with zero attached hydrogens (tertiary/aromatic N) is 1. The fourth-order valence-corrected chi connectivity index (χ4v) is 4.86. The highest BCUT2D eigenvalue weighted by Gasteiger charge is 2.39. The van der Waals surface area contributed by atoms with Gasteiger partial charge in [0, 0.05) is 24.2 Å². The van der Waals surface area contributed by atoms with E-state index in [2.05, 4.69) is 110 Å². The van der Waals surface area contributed by atoms with Gasteiger partial charge in [-0.1, -0.05) is 73.7 Å². The van der Waals surface area contributed by atoms with E-state index in [0.29, 0.717) is 5.92 Å². The lowest BCUT2D eigenvalue weighted by molar-refractivity contribution is -0.0408. The van der Waals surface area contributed by atoms with E-state index in [4.69, 9.17) is 4.74 Å². The van der Waals surface area contributed by atoms with Crippen molar-refractivity contribution in [1.82, 2.24) is 4.57 Å². The number of benzene rings is 3. The quantitative estimate of drug-likeness (QED) is 0.359. The maximum Gasteiger partial charge on any atom is 0.0908 e. The summed E-state index contributed by atoms with van der Waals surface area (Å²) in [5, 5.41) is 1.30. The summed E-state index contributed by atoms with van der Waals surface area (Å²) in [5.74, 6) is 0.373. The van der Waals surface area contributed by atoms with Gasteiger partial charge in [-0.2, -0.15) is 0 Å². The highest BCUT2D eigenvalue weighted by molar-refractivity contribution is 5.81. The van der Waals surface area contributed by atoms with Gasteiger partial charge in [0.2, 0.25) is 0 Å². The minimum atomic E-state index is -0.177. The molecule has 1 saturated heterocycles. The predicted molar refractivity (Wildman–Crippen MR) is 124 cm³/mol. The van der Waals surface area contributed by atoms with Crippen molar-refractivity contribution in [2.45, 2.75) is 50.9 Å². The minimum Gasteiger partial charge on any atom is -0.367 e.